The van der Waals surface area contributed by atoms with Crippen molar-refractivity contribution in [2.75, 3.05) is 0 Å². The van der Waals surface area contributed by atoms with Crippen LogP contribution >= 0.6 is 0 Å². The summed E-state index contributed by atoms with van der Waals surface area (Å²) in [6.07, 6.45) is 0.538. The molecule has 0 fully saturated rings. The summed E-state index contributed by atoms with van der Waals surface area (Å²) in [6, 6.07) is 17.4. The number of aryl methyl sites for hydroxylation is 3. The number of hydrogen-bond donors (Lipinski definition) is 1. The molecule has 0 aliphatic heterocycles. The third kappa shape index (κ3) is 4.25. The molecule has 6 heteroatoms. The minimum atomic E-state index is -0.469. The second-order valence-corrected chi connectivity index (χ2v) is 6.97. The van der Waals surface area contributed by atoms with E-state index in [0.29, 0.717) is 17.7 Å². The van der Waals surface area contributed by atoms with Crippen molar-refractivity contribution in [3.63, 3.8) is 0 Å². The fourth-order valence-corrected chi connectivity index (χ4v) is 3.08. The predicted octanol–water partition coefficient (Wildman–Crippen LogP) is 5.01. The van der Waals surface area contributed by atoms with Crippen LogP contribution < -0.4 is 5.56 Å². The molecule has 0 amide bonds. The summed E-state index contributed by atoms with van der Waals surface area (Å²) in [4.78, 5) is 13.0. The Labute approximate surface area is 169 Å². The van der Waals surface area contributed by atoms with E-state index >= 15 is 0 Å². The van der Waals surface area contributed by atoms with Crippen molar-refractivity contribution in [3.8, 4) is 11.9 Å². The molecule has 0 spiro atoms. The van der Waals surface area contributed by atoms with Gasteiger partial charge >= 0.3 is 0 Å². The summed E-state index contributed by atoms with van der Waals surface area (Å²) >= 11 is 0. The Morgan fingerprint density at radius 2 is 1.79 bits per heavy atom. The van der Waals surface area contributed by atoms with E-state index in [-0.39, 0.29) is 23.7 Å². The van der Waals surface area contributed by atoms with Crippen LogP contribution in [0.25, 0.3) is 0 Å². The van der Waals surface area contributed by atoms with Gasteiger partial charge in [-0.1, -0.05) is 42.5 Å². The molecule has 2 aromatic carbocycles. The van der Waals surface area contributed by atoms with Gasteiger partial charge in [0, 0.05) is 12.1 Å². The molecule has 0 saturated heterocycles. The van der Waals surface area contributed by atoms with Gasteiger partial charge in [0.2, 0.25) is 5.88 Å². The van der Waals surface area contributed by atoms with E-state index in [0.717, 1.165) is 16.7 Å². The lowest BCUT2D eigenvalue weighted by molar-refractivity contribution is 0.404. The normalized spacial score (nSPS) is 11.0. The Hall–Kier alpha value is -3.72. The zero-order valence-electron chi connectivity index (χ0n) is 16.7. The fourth-order valence-electron chi connectivity index (χ4n) is 3.08. The second-order valence-electron chi connectivity index (χ2n) is 6.97. The highest BCUT2D eigenvalue weighted by Gasteiger charge is 2.19. The van der Waals surface area contributed by atoms with Gasteiger partial charge in [0.15, 0.2) is 5.69 Å². The molecule has 29 heavy (non-hydrogen) atoms. The molecule has 0 aliphatic rings. The third-order valence-corrected chi connectivity index (χ3v) is 4.86. The Balaban J connectivity index is 2.05. The summed E-state index contributed by atoms with van der Waals surface area (Å²) in [5, 5.41) is 28.4. The van der Waals surface area contributed by atoms with Crippen molar-refractivity contribution in [3.05, 3.63) is 86.7 Å². The molecule has 1 heterocycles. The monoisotopic (exact) mass is 386 g/mol. The SMILES string of the molecule is Cc1ccc(C)c(N=Nc2c(C)c(C#N)c(O)n(CCc3ccccc3)c2=O)c1. The van der Waals surface area contributed by atoms with E-state index < -0.39 is 5.56 Å². The third-order valence-electron chi connectivity index (χ3n) is 4.86. The van der Waals surface area contributed by atoms with E-state index in [9.17, 15) is 15.2 Å². The van der Waals surface area contributed by atoms with Crippen molar-refractivity contribution < 1.29 is 5.11 Å². The molecule has 0 saturated carbocycles. The van der Waals surface area contributed by atoms with Gasteiger partial charge in [-0.05, 0) is 49.9 Å². The van der Waals surface area contributed by atoms with Crippen LogP contribution in [-0.2, 0) is 13.0 Å². The minimum Gasteiger partial charge on any atom is -0.493 e. The van der Waals surface area contributed by atoms with Crippen LogP contribution in [0.15, 0.2) is 63.6 Å². The van der Waals surface area contributed by atoms with Crippen molar-refractivity contribution >= 4 is 11.4 Å². The number of pyridine rings is 1. The molecule has 0 unspecified atom stereocenters. The van der Waals surface area contributed by atoms with Crippen molar-refractivity contribution in [2.45, 2.75) is 33.7 Å². The summed E-state index contributed by atoms with van der Waals surface area (Å²) < 4.78 is 1.19. The number of aromatic nitrogens is 1. The van der Waals surface area contributed by atoms with Crippen LogP contribution in [0.5, 0.6) is 5.88 Å². The lowest BCUT2D eigenvalue weighted by atomic mass is 10.1. The molecule has 3 rings (SSSR count). The summed E-state index contributed by atoms with van der Waals surface area (Å²) in [5.74, 6) is -0.336. The largest absolute Gasteiger partial charge is 0.493 e. The van der Waals surface area contributed by atoms with E-state index in [4.69, 9.17) is 0 Å². The number of nitriles is 1. The topological polar surface area (TPSA) is 90.7 Å². The first-order valence-electron chi connectivity index (χ1n) is 9.31. The van der Waals surface area contributed by atoms with Gasteiger partial charge in [0.05, 0.1) is 5.69 Å². The molecule has 0 radical (unpaired) electrons. The molecule has 1 N–H and O–H groups in total. The van der Waals surface area contributed by atoms with Crippen LogP contribution in [-0.4, -0.2) is 9.67 Å². The highest BCUT2D eigenvalue weighted by Crippen LogP contribution is 2.28. The average molecular weight is 386 g/mol. The number of rotatable bonds is 5. The van der Waals surface area contributed by atoms with E-state index in [1.165, 1.54) is 4.57 Å². The number of azo groups is 1. The maximum Gasteiger partial charge on any atom is 0.281 e. The van der Waals surface area contributed by atoms with Gasteiger partial charge < -0.3 is 5.11 Å². The van der Waals surface area contributed by atoms with Crippen molar-refractivity contribution in [1.29, 1.82) is 5.26 Å². The van der Waals surface area contributed by atoms with Gasteiger partial charge in [-0.3, -0.25) is 9.36 Å². The minimum absolute atomic E-state index is 0.0348. The highest BCUT2D eigenvalue weighted by atomic mass is 16.3. The fraction of sp³-hybridized carbons (Fsp3) is 0.217. The van der Waals surface area contributed by atoms with E-state index in [1.54, 1.807) is 6.92 Å². The molecule has 146 valence electrons. The first-order chi connectivity index (χ1) is 13.9. The molecule has 1 aromatic heterocycles. The maximum atomic E-state index is 13.0. The molecule has 0 atom stereocenters. The van der Waals surface area contributed by atoms with E-state index in [1.807, 2.05) is 68.4 Å². The van der Waals surface area contributed by atoms with Gasteiger partial charge in [-0.15, -0.1) is 5.11 Å². The van der Waals surface area contributed by atoms with Crippen molar-refractivity contribution in [1.82, 2.24) is 4.57 Å². The van der Waals surface area contributed by atoms with Crippen LogP contribution in [0, 0.1) is 32.1 Å². The van der Waals surface area contributed by atoms with Crippen LogP contribution in [0.3, 0.4) is 0 Å². The van der Waals surface area contributed by atoms with E-state index in [2.05, 4.69) is 10.2 Å². The summed E-state index contributed by atoms with van der Waals surface area (Å²) in [7, 11) is 0. The van der Waals surface area contributed by atoms with Gasteiger partial charge in [-0.2, -0.15) is 10.4 Å². The lowest BCUT2D eigenvalue weighted by Gasteiger charge is -2.13. The Morgan fingerprint density at radius 3 is 2.48 bits per heavy atom. The zero-order chi connectivity index (χ0) is 21.0. The molecular formula is C23H22N4O2. The molecule has 6 nitrogen and oxygen atoms in total. The molecule has 0 bridgehead atoms. The average Bonchev–Trinajstić information content (AvgIpc) is 2.71. The van der Waals surface area contributed by atoms with Gasteiger partial charge in [0.1, 0.15) is 11.6 Å². The smallest absolute Gasteiger partial charge is 0.281 e. The van der Waals surface area contributed by atoms with Crippen LogP contribution in [0.4, 0.5) is 11.4 Å². The Bertz CT molecular complexity index is 1170. The Kier molecular flexibility index (Phi) is 5.89. The quantitative estimate of drug-likeness (QED) is 0.625. The lowest BCUT2D eigenvalue weighted by Crippen LogP contribution is -2.22. The molecule has 3 aromatic rings. The van der Waals surface area contributed by atoms with Gasteiger partial charge in [-0.25, -0.2) is 0 Å². The maximum absolute atomic E-state index is 13.0. The van der Waals surface area contributed by atoms with Gasteiger partial charge in [0.25, 0.3) is 5.56 Å². The zero-order valence-corrected chi connectivity index (χ0v) is 16.7. The standard InChI is InChI=1S/C23H22N4O2/c1-15-9-10-16(2)20(13-15)25-26-21-17(3)19(14-24)22(28)27(23(21)29)12-11-18-7-5-4-6-8-18/h4-10,13,28H,11-12H2,1-3H3. The Morgan fingerprint density at radius 1 is 1.07 bits per heavy atom. The van der Waals surface area contributed by atoms with Crippen LogP contribution in [0.2, 0.25) is 0 Å². The molecule has 0 aliphatic carbocycles. The summed E-state index contributed by atoms with van der Waals surface area (Å²) in [5.41, 5.74) is 3.60. The number of aromatic hydroxyl groups is 1. The summed E-state index contributed by atoms with van der Waals surface area (Å²) in [6.45, 7) is 5.69. The number of hydrogen-bond acceptors (Lipinski definition) is 5. The predicted molar refractivity (Wildman–Crippen MR) is 112 cm³/mol. The van der Waals surface area contributed by atoms with Crippen molar-refractivity contribution in [2.24, 2.45) is 10.2 Å². The molecular weight excluding hydrogens is 364 g/mol. The van der Waals surface area contributed by atoms with Crippen LogP contribution in [0.1, 0.15) is 27.8 Å². The number of nitrogens with zero attached hydrogens (tertiary/aromatic N) is 4. The first kappa shape index (κ1) is 20.0. The second kappa shape index (κ2) is 8.53. The first-order valence-corrected chi connectivity index (χ1v) is 9.31. The number of benzene rings is 2. The highest BCUT2D eigenvalue weighted by molar-refractivity contribution is 5.57.